The molecule has 150 valence electrons. The first-order valence-corrected chi connectivity index (χ1v) is 10.5. The van der Waals surface area contributed by atoms with Crippen molar-refractivity contribution in [2.45, 2.75) is 32.6 Å². The molecule has 29 heavy (non-hydrogen) atoms. The van der Waals surface area contributed by atoms with Gasteiger partial charge in [0.1, 0.15) is 12.2 Å². The number of thiophene rings is 1. The van der Waals surface area contributed by atoms with Crippen LogP contribution in [0.1, 0.15) is 55.7 Å². The van der Waals surface area contributed by atoms with Crippen LogP contribution in [0.3, 0.4) is 0 Å². The number of nitrogens with one attached hydrogen (secondary N) is 2. The number of hydrogen-bond donors (Lipinski definition) is 2. The number of anilines is 1. The minimum Gasteiger partial charge on any atom is -0.339 e. The molecule has 1 aliphatic heterocycles. The number of benzene rings is 1. The van der Waals surface area contributed by atoms with Gasteiger partial charge in [0.25, 0.3) is 11.8 Å². The molecule has 0 bridgehead atoms. The van der Waals surface area contributed by atoms with E-state index in [0.717, 1.165) is 29.8 Å². The number of amides is 2. The van der Waals surface area contributed by atoms with Crippen molar-refractivity contribution >= 4 is 28.8 Å². The molecule has 1 fully saturated rings. The van der Waals surface area contributed by atoms with E-state index < -0.39 is 0 Å². The minimum atomic E-state index is -0.141. The Bertz CT molecular complexity index is 1020. The summed E-state index contributed by atoms with van der Waals surface area (Å²) in [6, 6.07) is 7.41. The number of aromatic nitrogens is 3. The van der Waals surface area contributed by atoms with Gasteiger partial charge >= 0.3 is 0 Å². The van der Waals surface area contributed by atoms with Crippen LogP contribution in [0.25, 0.3) is 0 Å². The summed E-state index contributed by atoms with van der Waals surface area (Å²) in [5.74, 6) is 1.05. The van der Waals surface area contributed by atoms with Crippen molar-refractivity contribution in [2.75, 3.05) is 18.4 Å². The van der Waals surface area contributed by atoms with Gasteiger partial charge in [0.15, 0.2) is 0 Å². The molecule has 2 N–H and O–H groups in total. The van der Waals surface area contributed by atoms with Gasteiger partial charge in [0.05, 0.1) is 4.88 Å². The zero-order valence-electron chi connectivity index (χ0n) is 16.4. The number of rotatable bonds is 4. The van der Waals surface area contributed by atoms with Gasteiger partial charge in [0.2, 0.25) is 0 Å². The third kappa shape index (κ3) is 4.07. The fourth-order valence-electron chi connectivity index (χ4n) is 3.62. The largest absolute Gasteiger partial charge is 0.339 e. The monoisotopic (exact) mass is 409 g/mol. The van der Waals surface area contributed by atoms with E-state index in [2.05, 4.69) is 20.5 Å². The maximum absolute atomic E-state index is 13.0. The fraction of sp³-hybridized carbons (Fsp3) is 0.333. The fourth-order valence-corrected chi connectivity index (χ4v) is 4.44. The molecule has 8 heteroatoms. The van der Waals surface area contributed by atoms with Crippen LogP contribution in [0.2, 0.25) is 0 Å². The first kappa shape index (κ1) is 19.3. The van der Waals surface area contributed by atoms with Gasteiger partial charge in [-0.25, -0.2) is 4.98 Å². The molecule has 0 atom stereocenters. The molecule has 0 spiro atoms. The Balaban J connectivity index is 1.45. The van der Waals surface area contributed by atoms with Crippen LogP contribution in [-0.4, -0.2) is 45.0 Å². The van der Waals surface area contributed by atoms with Gasteiger partial charge in [-0.1, -0.05) is 6.07 Å². The van der Waals surface area contributed by atoms with E-state index >= 15 is 0 Å². The number of H-pyrrole nitrogens is 1. The van der Waals surface area contributed by atoms with Gasteiger partial charge in [-0.15, -0.1) is 11.3 Å². The highest BCUT2D eigenvalue weighted by Crippen LogP contribution is 2.27. The van der Waals surface area contributed by atoms with Gasteiger partial charge in [-0.3, -0.25) is 14.7 Å². The van der Waals surface area contributed by atoms with E-state index in [4.69, 9.17) is 0 Å². The van der Waals surface area contributed by atoms with Crippen molar-refractivity contribution in [3.8, 4) is 0 Å². The minimum absolute atomic E-state index is 0.0103. The molecule has 3 aromatic rings. The Morgan fingerprint density at radius 3 is 2.62 bits per heavy atom. The first-order valence-electron chi connectivity index (χ1n) is 9.63. The van der Waals surface area contributed by atoms with Crippen LogP contribution in [-0.2, 0) is 0 Å². The standard InChI is InChI=1S/C21H23N5O2S/c1-13-3-4-16(11-17(13)24-20(27)18-14(2)7-10-29-18)21(28)26-8-5-15(6-9-26)19-22-12-23-25-19/h3-4,7,10-12,15H,5-6,8-9H2,1-2H3,(H,24,27)(H,22,23,25). The van der Waals surface area contributed by atoms with E-state index in [-0.39, 0.29) is 11.8 Å². The smallest absolute Gasteiger partial charge is 0.266 e. The summed E-state index contributed by atoms with van der Waals surface area (Å²) in [7, 11) is 0. The molecule has 0 aliphatic carbocycles. The highest BCUT2D eigenvalue weighted by Gasteiger charge is 2.26. The summed E-state index contributed by atoms with van der Waals surface area (Å²) in [4.78, 5) is 32.4. The molecule has 0 radical (unpaired) electrons. The average Bonchev–Trinajstić information content (AvgIpc) is 3.41. The summed E-state index contributed by atoms with van der Waals surface area (Å²) in [5.41, 5.74) is 3.14. The summed E-state index contributed by atoms with van der Waals surface area (Å²) in [6.07, 6.45) is 3.23. The van der Waals surface area contributed by atoms with Crippen molar-refractivity contribution in [1.82, 2.24) is 20.1 Å². The lowest BCUT2D eigenvalue weighted by molar-refractivity contribution is 0.0711. The van der Waals surface area contributed by atoms with Crippen molar-refractivity contribution in [3.63, 3.8) is 0 Å². The number of nitrogens with zero attached hydrogens (tertiary/aromatic N) is 3. The number of aromatic amines is 1. The molecular formula is C21H23N5O2S. The Morgan fingerprint density at radius 2 is 1.97 bits per heavy atom. The molecule has 1 aromatic carbocycles. The molecule has 2 amide bonds. The number of carbonyl (C=O) groups is 2. The molecule has 7 nitrogen and oxygen atoms in total. The third-order valence-corrected chi connectivity index (χ3v) is 6.42. The summed E-state index contributed by atoms with van der Waals surface area (Å²) < 4.78 is 0. The van der Waals surface area contributed by atoms with Crippen LogP contribution >= 0.6 is 11.3 Å². The Morgan fingerprint density at radius 1 is 1.17 bits per heavy atom. The van der Waals surface area contributed by atoms with Crippen LogP contribution < -0.4 is 5.32 Å². The molecule has 1 aliphatic rings. The van der Waals surface area contributed by atoms with Gasteiger partial charge in [-0.2, -0.15) is 5.10 Å². The predicted octanol–water partition coefficient (Wildman–Crippen LogP) is 3.76. The van der Waals surface area contributed by atoms with Crippen molar-refractivity contribution < 1.29 is 9.59 Å². The molecule has 0 saturated carbocycles. The molecular weight excluding hydrogens is 386 g/mol. The van der Waals surface area contributed by atoms with Gasteiger partial charge in [-0.05, 0) is 61.4 Å². The van der Waals surface area contributed by atoms with Crippen LogP contribution in [0.4, 0.5) is 5.69 Å². The van der Waals surface area contributed by atoms with E-state index in [0.29, 0.717) is 35.1 Å². The second kappa shape index (κ2) is 8.16. The van der Waals surface area contributed by atoms with Crippen molar-refractivity contribution in [1.29, 1.82) is 0 Å². The van der Waals surface area contributed by atoms with E-state index in [9.17, 15) is 9.59 Å². The van der Waals surface area contributed by atoms with Gasteiger partial charge in [0, 0.05) is 30.3 Å². The number of aryl methyl sites for hydroxylation is 2. The third-order valence-electron chi connectivity index (χ3n) is 5.40. The molecule has 0 unspecified atom stereocenters. The Labute approximate surface area is 173 Å². The lowest BCUT2D eigenvalue weighted by atomic mass is 9.95. The average molecular weight is 410 g/mol. The normalized spacial score (nSPS) is 14.8. The zero-order valence-corrected chi connectivity index (χ0v) is 17.3. The molecule has 2 aromatic heterocycles. The van der Waals surface area contributed by atoms with E-state index in [1.807, 2.05) is 42.3 Å². The van der Waals surface area contributed by atoms with Crippen LogP contribution in [0, 0.1) is 13.8 Å². The maximum atomic E-state index is 13.0. The van der Waals surface area contributed by atoms with Crippen molar-refractivity contribution in [2.24, 2.45) is 0 Å². The summed E-state index contributed by atoms with van der Waals surface area (Å²) in [5, 5.41) is 11.7. The zero-order chi connectivity index (χ0) is 20.4. The second-order valence-corrected chi connectivity index (χ2v) is 8.27. The first-order chi connectivity index (χ1) is 14.0. The van der Waals surface area contributed by atoms with Crippen LogP contribution in [0.15, 0.2) is 36.0 Å². The number of piperidine rings is 1. The second-order valence-electron chi connectivity index (χ2n) is 7.35. The van der Waals surface area contributed by atoms with Gasteiger partial charge < -0.3 is 10.2 Å². The highest BCUT2D eigenvalue weighted by atomic mass is 32.1. The maximum Gasteiger partial charge on any atom is 0.266 e. The SMILES string of the molecule is Cc1ccc(C(=O)N2CCC(c3ncn[nH]3)CC2)cc1NC(=O)c1sccc1C. The predicted molar refractivity (Wildman–Crippen MR) is 112 cm³/mol. The topological polar surface area (TPSA) is 91.0 Å². The molecule has 4 rings (SSSR count). The lowest BCUT2D eigenvalue weighted by Crippen LogP contribution is -2.38. The van der Waals surface area contributed by atoms with Crippen molar-refractivity contribution in [3.05, 3.63) is 63.4 Å². The molecule has 3 heterocycles. The van der Waals surface area contributed by atoms with E-state index in [1.165, 1.54) is 17.7 Å². The number of carbonyl (C=O) groups excluding carboxylic acids is 2. The molecule has 1 saturated heterocycles. The Kier molecular flexibility index (Phi) is 5.44. The highest BCUT2D eigenvalue weighted by molar-refractivity contribution is 7.12. The number of hydrogen-bond acceptors (Lipinski definition) is 5. The van der Waals surface area contributed by atoms with E-state index in [1.54, 1.807) is 6.07 Å². The van der Waals surface area contributed by atoms with Crippen LogP contribution in [0.5, 0.6) is 0 Å². The quantitative estimate of drug-likeness (QED) is 0.686. The lowest BCUT2D eigenvalue weighted by Gasteiger charge is -2.31. The summed E-state index contributed by atoms with van der Waals surface area (Å²) in [6.45, 7) is 5.19. The Hall–Kier alpha value is -3.00. The number of likely N-dealkylation sites (tertiary alicyclic amines) is 1. The summed E-state index contributed by atoms with van der Waals surface area (Å²) >= 11 is 1.42.